The first-order valence-corrected chi connectivity index (χ1v) is 27.2. The average Bonchev–Trinajstić information content (AvgIpc) is 3.33. The van der Waals surface area contributed by atoms with Gasteiger partial charge in [-0.05, 0) is 95.8 Å². The number of aldehydes is 2. The first-order chi connectivity index (χ1) is 33.3. The van der Waals surface area contributed by atoms with E-state index in [1.54, 1.807) is 42.5 Å². The molecule has 0 atom stereocenters. The summed E-state index contributed by atoms with van der Waals surface area (Å²) in [5.41, 5.74) is 7.61. The Kier molecular flexibility index (Phi) is 50.5. The van der Waals surface area contributed by atoms with Crippen molar-refractivity contribution in [2.24, 2.45) is 4.30 Å². The number of carbonyl (C=O) groups is 6. The number of ether oxygens (including phenoxy) is 2. The Labute approximate surface area is 521 Å². The van der Waals surface area contributed by atoms with Crippen molar-refractivity contribution in [1.82, 2.24) is 0 Å². The minimum atomic E-state index is -1.50. The van der Waals surface area contributed by atoms with E-state index < -0.39 is 29.0 Å². The molecule has 0 spiro atoms. The normalized spacial score (nSPS) is 9.04. The number of carbonyl (C=O) groups excluding carboxylic acids is 4. The number of alkyl halides is 9. The SMILES string of the molecule is C.C#CCBr.C#CCOC(=O)c1ccc(C(Br)Br)c(C(Br)Br)c1.C#CCOC(=O)c1ccc(C=O)c(C=O)c1.Cc1ccc(C(=O)O)cc1C.O=C(O)c1ccc(C(Br)Br)c(C(Br)Br)c1.O=[N+]([O-])O.[Ag].[B]=NS. The number of halogens is 9. The molecule has 4 aromatic carbocycles. The van der Waals surface area contributed by atoms with Crippen LogP contribution in [0, 0.1) is 61.0 Å². The van der Waals surface area contributed by atoms with Crippen LogP contribution in [0.15, 0.2) is 77.1 Å². The van der Waals surface area contributed by atoms with E-state index in [1.807, 2.05) is 26.0 Å². The molecule has 27 heteroatoms. The topological polar surface area (TPSA) is 237 Å². The summed E-state index contributed by atoms with van der Waals surface area (Å²) in [4.78, 5) is 73.8. The summed E-state index contributed by atoms with van der Waals surface area (Å²) >= 11 is 33.5. The van der Waals surface area contributed by atoms with Crippen molar-refractivity contribution in [2.45, 2.75) is 36.2 Å². The predicted molar refractivity (Wildman–Crippen MR) is 316 cm³/mol. The number of hydrogen-bond donors (Lipinski definition) is 4. The van der Waals surface area contributed by atoms with Gasteiger partial charge in [-0.3, -0.25) is 9.59 Å². The van der Waals surface area contributed by atoms with Gasteiger partial charge in [0, 0.05) is 33.5 Å². The number of carboxylic acid groups (broad SMARTS) is 2. The van der Waals surface area contributed by atoms with Crippen molar-refractivity contribution >= 4 is 200 Å². The third-order valence-corrected chi connectivity index (χ3v) is 11.8. The van der Waals surface area contributed by atoms with E-state index in [4.69, 9.17) is 49.5 Å². The summed E-state index contributed by atoms with van der Waals surface area (Å²) in [6.45, 7) is 3.70. The third-order valence-electron chi connectivity index (χ3n) is 7.58. The summed E-state index contributed by atoms with van der Waals surface area (Å²) in [7, 11) is 4.34. The molecule has 0 aromatic heterocycles. The molecule has 2 radical (unpaired) electrons. The van der Waals surface area contributed by atoms with E-state index in [2.05, 4.69) is 191 Å². The fourth-order valence-corrected chi connectivity index (χ4v) is 7.61. The van der Waals surface area contributed by atoms with Crippen LogP contribution < -0.4 is 0 Å². The Bertz CT molecular complexity index is 2550. The number of benzene rings is 4. The van der Waals surface area contributed by atoms with Gasteiger partial charge in [0.25, 0.3) is 5.09 Å². The third kappa shape index (κ3) is 35.3. The van der Waals surface area contributed by atoms with Gasteiger partial charge in [0.1, 0.15) is 0 Å². The van der Waals surface area contributed by atoms with Gasteiger partial charge < -0.3 is 24.9 Å². The van der Waals surface area contributed by atoms with Crippen molar-refractivity contribution < 1.29 is 81.1 Å². The molecule has 396 valence electrons. The zero-order valence-electron chi connectivity index (χ0n) is 36.8. The van der Waals surface area contributed by atoms with Crippen LogP contribution in [0.1, 0.15) is 118 Å². The van der Waals surface area contributed by atoms with Gasteiger partial charge in [-0.15, -0.1) is 29.4 Å². The van der Waals surface area contributed by atoms with Crippen LogP contribution in [-0.4, -0.2) is 83.1 Å². The number of aryl methyl sites for hydroxylation is 2. The van der Waals surface area contributed by atoms with Gasteiger partial charge in [0.05, 0.1) is 42.5 Å². The number of carboxylic acids is 2. The van der Waals surface area contributed by atoms with E-state index >= 15 is 0 Å². The monoisotopic (exact) mass is 1690 g/mol. The molecule has 15 nitrogen and oxygen atoms in total. The van der Waals surface area contributed by atoms with Crippen LogP contribution in [0.2, 0.25) is 0 Å². The molecular formula is C46H41AgBBr9N2O13S. The summed E-state index contributed by atoms with van der Waals surface area (Å²) in [5.74, 6) is 3.91. The van der Waals surface area contributed by atoms with Gasteiger partial charge in [0.15, 0.2) is 25.8 Å². The van der Waals surface area contributed by atoms with E-state index in [0.717, 1.165) is 33.4 Å². The Balaban J connectivity index is -0.000000263. The van der Waals surface area contributed by atoms with Crippen LogP contribution in [0.3, 0.4) is 0 Å². The maximum absolute atomic E-state index is 11.7. The molecule has 3 N–H and O–H groups in total. The Morgan fingerprint density at radius 2 is 0.973 bits per heavy atom. The van der Waals surface area contributed by atoms with Crippen LogP contribution in [0.25, 0.3) is 0 Å². The molecule has 0 unspecified atom stereocenters. The molecule has 0 fully saturated rings. The molecule has 0 saturated carbocycles. The summed E-state index contributed by atoms with van der Waals surface area (Å²) in [6.07, 6.45) is 15.7. The fraction of sp³-hybridized carbons (Fsp3) is 0.217. The van der Waals surface area contributed by atoms with E-state index in [1.165, 1.54) is 18.2 Å². The molecule has 0 amide bonds. The Morgan fingerprint density at radius 3 is 1.29 bits per heavy atom. The first kappa shape index (κ1) is 79.1. The second kappa shape index (κ2) is 46.5. The molecule has 0 saturated heterocycles. The van der Waals surface area contributed by atoms with Crippen LogP contribution in [-0.2, 0) is 31.9 Å². The number of thiol groups is 1. The van der Waals surface area contributed by atoms with Crippen LogP contribution in [0.4, 0.5) is 0 Å². The van der Waals surface area contributed by atoms with Gasteiger partial charge in [0.2, 0.25) is 0 Å². The summed E-state index contributed by atoms with van der Waals surface area (Å²) in [5, 5.41) is 31.8. The molecule has 4 aromatic rings. The molecule has 0 aliphatic carbocycles. The molecule has 4 rings (SSSR count). The zero-order chi connectivity index (χ0) is 55.4. The molecular weight excluding hydrogens is 1660 g/mol. The molecule has 0 bridgehead atoms. The minimum absolute atomic E-state index is 0. The molecule has 0 aliphatic heterocycles. The van der Waals surface area contributed by atoms with Gasteiger partial charge in [-0.25, -0.2) is 19.2 Å². The standard InChI is InChI=1S/C12H8Br4O2.C12H8O4.C9H6Br4O2.C9H10O2.C3H3Br.CH4.Ag.BHNS.HNO3/c1-2-5-18-12(17)7-3-4-8(10(13)14)9(6-7)11(15)16;1-2-5-16-12(15)9-3-4-10(7-13)11(6-9)8-14;10-7(11)5-2-1-4(9(14)15)3-6(5)8(12)13;1-6-3-4-8(9(10)11)5-7(6)2;1-2-3-4;;;1-2-3;2-1(3)4/h1,3-4,6,10-11H,5H2;1,3-4,6-8H,5H2;1-3,7-8H,(H,14,15);3-5H,1-2H3,(H,10,11);1H,3H2;1H4;;3H;(H,2,3,4). The van der Waals surface area contributed by atoms with Crippen molar-refractivity contribution in [2.75, 3.05) is 18.5 Å². The average molecular weight is 1700 g/mol. The number of esters is 2. The van der Waals surface area contributed by atoms with Gasteiger partial charge in [-0.1, -0.05) is 193 Å². The Morgan fingerprint density at radius 1 is 0.658 bits per heavy atom. The van der Waals surface area contributed by atoms with Crippen LogP contribution in [0.5, 0.6) is 0 Å². The van der Waals surface area contributed by atoms with Crippen molar-refractivity contribution in [3.63, 3.8) is 0 Å². The zero-order valence-corrected chi connectivity index (χ0v) is 53.4. The fourth-order valence-electron chi connectivity index (χ4n) is 4.35. The summed E-state index contributed by atoms with van der Waals surface area (Å²) in [6, 6.07) is 19.5. The van der Waals surface area contributed by atoms with Gasteiger partial charge >= 0.3 is 48.6 Å². The number of nitrogens with zero attached hydrogens (tertiary/aromatic N) is 2. The maximum atomic E-state index is 11.7. The van der Waals surface area contributed by atoms with Gasteiger partial charge in [-0.2, -0.15) is 0 Å². The summed E-state index contributed by atoms with van der Waals surface area (Å²) < 4.78 is 12.1. The van der Waals surface area contributed by atoms with Crippen molar-refractivity contribution in [3.8, 4) is 37.0 Å². The predicted octanol–water partition coefficient (Wildman–Crippen LogP) is 14.6. The second-order valence-electron chi connectivity index (χ2n) is 12.1. The second-order valence-corrected chi connectivity index (χ2v) is 25.2. The van der Waals surface area contributed by atoms with E-state index in [0.29, 0.717) is 29.0 Å². The van der Waals surface area contributed by atoms with E-state index in [9.17, 15) is 28.8 Å². The first-order valence-electron chi connectivity index (χ1n) is 18.4. The molecule has 0 heterocycles. The number of rotatable bonds is 12. The number of terminal acetylenes is 3. The van der Waals surface area contributed by atoms with Crippen molar-refractivity contribution in [1.29, 1.82) is 0 Å². The van der Waals surface area contributed by atoms with E-state index in [-0.39, 0.29) is 80.2 Å². The number of aromatic carboxylic acids is 2. The van der Waals surface area contributed by atoms with Crippen LogP contribution >= 0.6 is 156 Å². The van der Waals surface area contributed by atoms with Crippen molar-refractivity contribution in [3.05, 3.63) is 150 Å². The number of hydrogen-bond acceptors (Lipinski definition) is 12. The Hall–Kier alpha value is -2.74. The molecule has 73 heavy (non-hydrogen) atoms. The quantitative estimate of drug-likeness (QED) is 0.0151. The molecule has 0 aliphatic rings.